The van der Waals surface area contributed by atoms with Crippen LogP contribution in [0, 0.1) is 0 Å². The summed E-state index contributed by atoms with van der Waals surface area (Å²) in [6, 6.07) is 18.9. The van der Waals surface area contributed by atoms with Gasteiger partial charge in [0, 0.05) is 30.6 Å². The minimum absolute atomic E-state index is 0.00913. The Morgan fingerprint density at radius 2 is 1.62 bits per heavy atom. The van der Waals surface area contributed by atoms with E-state index in [0.717, 1.165) is 11.1 Å². The molecule has 0 atom stereocenters. The third-order valence-corrected chi connectivity index (χ3v) is 5.81. The van der Waals surface area contributed by atoms with E-state index in [-0.39, 0.29) is 17.2 Å². The maximum Gasteiger partial charge on any atom is 0.357 e. The van der Waals surface area contributed by atoms with Crippen LogP contribution in [-0.2, 0) is 28.4 Å². The molecule has 2 aromatic heterocycles. The van der Waals surface area contributed by atoms with Crippen LogP contribution in [0.4, 0.5) is 0 Å². The SMILES string of the molecule is Cn1nc(-c2ccc(S(N)(=O)=O)cc2)c(-c2ccncc2)c1C(=O)OCc1ccccc1. The van der Waals surface area contributed by atoms with Crippen LogP contribution >= 0.6 is 0 Å². The Kier molecular flexibility index (Phi) is 5.85. The summed E-state index contributed by atoms with van der Waals surface area (Å²) >= 11 is 0. The molecule has 0 aliphatic carbocycles. The van der Waals surface area contributed by atoms with Crippen molar-refractivity contribution >= 4 is 16.0 Å². The van der Waals surface area contributed by atoms with Crippen LogP contribution in [0.25, 0.3) is 22.4 Å². The van der Waals surface area contributed by atoms with Crippen LogP contribution in [-0.4, -0.2) is 29.2 Å². The number of nitrogens with two attached hydrogens (primary N) is 1. The van der Waals surface area contributed by atoms with Crippen molar-refractivity contribution in [1.82, 2.24) is 14.8 Å². The minimum Gasteiger partial charge on any atom is -0.456 e. The summed E-state index contributed by atoms with van der Waals surface area (Å²) in [4.78, 5) is 17.1. The molecule has 0 saturated carbocycles. The van der Waals surface area contributed by atoms with Gasteiger partial charge in [0.15, 0.2) is 5.69 Å². The smallest absolute Gasteiger partial charge is 0.357 e. The topological polar surface area (TPSA) is 117 Å². The highest BCUT2D eigenvalue weighted by molar-refractivity contribution is 7.89. The highest BCUT2D eigenvalue weighted by atomic mass is 32.2. The molecular formula is C23H20N4O4S. The number of ether oxygens (including phenoxy) is 1. The molecule has 0 aliphatic rings. The molecule has 2 N–H and O–H groups in total. The molecule has 9 heteroatoms. The van der Waals surface area contributed by atoms with Crippen LogP contribution in [0.2, 0.25) is 0 Å². The van der Waals surface area contributed by atoms with Gasteiger partial charge in [0.05, 0.1) is 4.90 Å². The van der Waals surface area contributed by atoms with Gasteiger partial charge in [-0.15, -0.1) is 0 Å². The Morgan fingerprint density at radius 1 is 0.969 bits per heavy atom. The zero-order valence-corrected chi connectivity index (χ0v) is 18.0. The third kappa shape index (κ3) is 4.43. The van der Waals surface area contributed by atoms with E-state index in [4.69, 9.17) is 9.88 Å². The molecule has 0 unspecified atom stereocenters. The highest BCUT2D eigenvalue weighted by Crippen LogP contribution is 2.35. The quantitative estimate of drug-likeness (QED) is 0.453. The van der Waals surface area contributed by atoms with E-state index in [0.29, 0.717) is 16.8 Å². The number of carbonyl (C=O) groups is 1. The summed E-state index contributed by atoms with van der Waals surface area (Å²) < 4.78 is 30.2. The molecule has 0 radical (unpaired) electrons. The van der Waals surface area contributed by atoms with Gasteiger partial charge < -0.3 is 4.74 Å². The maximum absolute atomic E-state index is 13.1. The van der Waals surface area contributed by atoms with Crippen molar-refractivity contribution in [2.24, 2.45) is 12.2 Å². The van der Waals surface area contributed by atoms with Gasteiger partial charge in [0.1, 0.15) is 12.3 Å². The molecule has 0 amide bonds. The molecule has 0 saturated heterocycles. The van der Waals surface area contributed by atoms with Gasteiger partial charge in [-0.05, 0) is 35.4 Å². The number of hydrogen-bond donors (Lipinski definition) is 1. The van der Waals surface area contributed by atoms with Gasteiger partial charge in [0.2, 0.25) is 10.0 Å². The van der Waals surface area contributed by atoms with Gasteiger partial charge in [-0.25, -0.2) is 18.4 Å². The fourth-order valence-electron chi connectivity index (χ4n) is 3.35. The molecule has 162 valence electrons. The van der Waals surface area contributed by atoms with E-state index in [2.05, 4.69) is 10.1 Å². The van der Waals surface area contributed by atoms with Crippen molar-refractivity contribution in [3.8, 4) is 22.4 Å². The lowest BCUT2D eigenvalue weighted by molar-refractivity contribution is 0.0461. The number of nitrogens with zero attached hydrogens (tertiary/aromatic N) is 3. The monoisotopic (exact) mass is 448 g/mol. The zero-order chi connectivity index (χ0) is 22.7. The van der Waals surface area contributed by atoms with Gasteiger partial charge in [-0.1, -0.05) is 42.5 Å². The zero-order valence-electron chi connectivity index (χ0n) is 17.2. The summed E-state index contributed by atoms with van der Waals surface area (Å²) in [5, 5.41) is 9.74. The number of primary sulfonamides is 1. The van der Waals surface area contributed by atoms with Crippen molar-refractivity contribution in [2.75, 3.05) is 0 Å². The number of esters is 1. The number of pyridine rings is 1. The number of aryl methyl sites for hydroxylation is 1. The van der Waals surface area contributed by atoms with E-state index in [1.54, 1.807) is 43.7 Å². The standard InChI is InChI=1S/C23H20N4O4S/c1-27-22(23(28)31-15-16-5-3-2-4-6-16)20(17-11-13-25-14-12-17)21(26-27)18-7-9-19(10-8-18)32(24,29)30/h2-14H,15H2,1H3,(H2,24,29,30). The van der Waals surface area contributed by atoms with Crippen molar-refractivity contribution in [3.05, 3.63) is 90.4 Å². The molecule has 0 spiro atoms. The van der Waals surface area contributed by atoms with Crippen LogP contribution in [0.3, 0.4) is 0 Å². The van der Waals surface area contributed by atoms with Crippen LogP contribution < -0.4 is 5.14 Å². The van der Waals surface area contributed by atoms with Crippen LogP contribution in [0.1, 0.15) is 16.1 Å². The summed E-state index contributed by atoms with van der Waals surface area (Å²) in [5.41, 5.74) is 3.57. The van der Waals surface area contributed by atoms with E-state index in [9.17, 15) is 13.2 Å². The van der Waals surface area contributed by atoms with E-state index in [1.807, 2.05) is 30.3 Å². The molecule has 2 heterocycles. The number of sulfonamides is 1. The van der Waals surface area contributed by atoms with Gasteiger partial charge >= 0.3 is 5.97 Å². The van der Waals surface area contributed by atoms with Crippen LogP contribution in [0.5, 0.6) is 0 Å². The molecular weight excluding hydrogens is 428 g/mol. The Hall–Kier alpha value is -3.82. The average molecular weight is 449 g/mol. The van der Waals surface area contributed by atoms with Crippen molar-refractivity contribution in [3.63, 3.8) is 0 Å². The highest BCUT2D eigenvalue weighted by Gasteiger charge is 2.25. The van der Waals surface area contributed by atoms with E-state index in [1.165, 1.54) is 16.8 Å². The Bertz CT molecular complexity index is 1350. The summed E-state index contributed by atoms with van der Waals surface area (Å²) in [6.07, 6.45) is 3.24. The molecule has 4 aromatic rings. The number of benzene rings is 2. The van der Waals surface area contributed by atoms with Gasteiger partial charge in [0.25, 0.3) is 0 Å². The summed E-state index contributed by atoms with van der Waals surface area (Å²) in [6.45, 7) is 0.124. The minimum atomic E-state index is -3.82. The van der Waals surface area contributed by atoms with E-state index < -0.39 is 16.0 Å². The summed E-state index contributed by atoms with van der Waals surface area (Å²) in [5.74, 6) is -0.525. The molecule has 8 nitrogen and oxygen atoms in total. The first-order chi connectivity index (χ1) is 15.3. The fraction of sp³-hybridized carbons (Fsp3) is 0.0870. The average Bonchev–Trinajstić information content (AvgIpc) is 3.15. The Balaban J connectivity index is 1.77. The predicted molar refractivity (Wildman–Crippen MR) is 119 cm³/mol. The molecule has 4 rings (SSSR count). The first kappa shape index (κ1) is 21.4. The molecule has 2 aromatic carbocycles. The maximum atomic E-state index is 13.1. The van der Waals surface area contributed by atoms with Crippen LogP contribution in [0.15, 0.2) is 84.0 Å². The number of rotatable bonds is 6. The van der Waals surface area contributed by atoms with Crippen molar-refractivity contribution in [2.45, 2.75) is 11.5 Å². The molecule has 0 bridgehead atoms. The van der Waals surface area contributed by atoms with Crippen molar-refractivity contribution < 1.29 is 17.9 Å². The second kappa shape index (κ2) is 8.74. The second-order valence-electron chi connectivity index (χ2n) is 7.06. The molecule has 0 fully saturated rings. The third-order valence-electron chi connectivity index (χ3n) is 4.88. The molecule has 0 aliphatic heterocycles. The van der Waals surface area contributed by atoms with Gasteiger partial charge in [-0.2, -0.15) is 5.10 Å². The first-order valence-corrected chi connectivity index (χ1v) is 11.2. The first-order valence-electron chi connectivity index (χ1n) is 9.66. The predicted octanol–water partition coefficient (Wildman–Crippen LogP) is 3.15. The lowest BCUT2D eigenvalue weighted by atomic mass is 9.99. The second-order valence-corrected chi connectivity index (χ2v) is 8.62. The van der Waals surface area contributed by atoms with E-state index >= 15 is 0 Å². The Labute approximate surface area is 185 Å². The summed E-state index contributed by atoms with van der Waals surface area (Å²) in [7, 11) is -2.16. The fourth-order valence-corrected chi connectivity index (χ4v) is 3.86. The normalized spacial score (nSPS) is 11.3. The lowest BCUT2D eigenvalue weighted by Crippen LogP contribution is -2.12. The number of carbonyl (C=O) groups excluding carboxylic acids is 1. The Morgan fingerprint density at radius 3 is 2.25 bits per heavy atom. The molecule has 32 heavy (non-hydrogen) atoms. The van der Waals surface area contributed by atoms with Gasteiger partial charge in [-0.3, -0.25) is 9.67 Å². The lowest BCUT2D eigenvalue weighted by Gasteiger charge is -2.09. The number of hydrogen-bond acceptors (Lipinski definition) is 6. The number of aromatic nitrogens is 3. The van der Waals surface area contributed by atoms with Crippen molar-refractivity contribution in [1.29, 1.82) is 0 Å². The largest absolute Gasteiger partial charge is 0.456 e.